The van der Waals surface area contributed by atoms with E-state index in [1.807, 2.05) is 39.2 Å². The smallest absolute Gasteiger partial charge is 0.412 e. The predicted octanol–water partition coefficient (Wildman–Crippen LogP) is 4.50. The normalized spacial score (nSPS) is 11.0. The monoisotopic (exact) mass is 347 g/mol. The summed E-state index contributed by atoms with van der Waals surface area (Å²) in [5.41, 5.74) is 0.0613. The topological polar surface area (TPSA) is 47.6 Å². The molecule has 19 heavy (non-hydrogen) atoms. The molecule has 106 valence electrons. The van der Waals surface area contributed by atoms with E-state index in [2.05, 4.69) is 21.2 Å². The average Bonchev–Trinajstić information content (AvgIpc) is 2.27. The van der Waals surface area contributed by atoms with Gasteiger partial charge in [-0.25, -0.2) is 4.79 Å². The van der Waals surface area contributed by atoms with Crippen molar-refractivity contribution in [3.05, 3.63) is 22.7 Å². The first-order chi connectivity index (χ1) is 8.81. The second kappa shape index (κ2) is 7.05. The SMILES string of the molecule is CSCOc1cc(Br)ccc1NC(=O)OC(C)(C)C. The Morgan fingerprint density at radius 1 is 1.42 bits per heavy atom. The third-order valence-electron chi connectivity index (χ3n) is 1.91. The minimum atomic E-state index is -0.528. The molecule has 0 fully saturated rings. The Kier molecular flexibility index (Phi) is 6.00. The molecular formula is C13H18BrNO3S. The van der Waals surface area contributed by atoms with E-state index in [4.69, 9.17) is 9.47 Å². The molecule has 4 nitrogen and oxygen atoms in total. The average molecular weight is 348 g/mol. The largest absolute Gasteiger partial charge is 0.481 e. The molecule has 0 heterocycles. The molecule has 0 atom stereocenters. The van der Waals surface area contributed by atoms with Crippen molar-refractivity contribution in [3.8, 4) is 5.75 Å². The molecule has 6 heteroatoms. The molecule has 0 radical (unpaired) electrons. The van der Waals surface area contributed by atoms with Gasteiger partial charge < -0.3 is 9.47 Å². The van der Waals surface area contributed by atoms with E-state index in [1.165, 1.54) is 0 Å². The predicted molar refractivity (Wildman–Crippen MR) is 83.0 cm³/mol. The van der Waals surface area contributed by atoms with Gasteiger partial charge >= 0.3 is 6.09 Å². The number of ether oxygens (including phenoxy) is 2. The zero-order valence-corrected chi connectivity index (χ0v) is 13.9. The molecule has 1 aromatic carbocycles. The lowest BCUT2D eigenvalue weighted by atomic mass is 10.2. The first kappa shape index (κ1) is 16.2. The van der Waals surface area contributed by atoms with Gasteiger partial charge in [-0.1, -0.05) is 15.9 Å². The summed E-state index contributed by atoms with van der Waals surface area (Å²) < 4.78 is 11.7. The van der Waals surface area contributed by atoms with Crippen molar-refractivity contribution in [3.63, 3.8) is 0 Å². The molecule has 0 aliphatic rings. The fourth-order valence-electron chi connectivity index (χ4n) is 1.25. The molecular weight excluding hydrogens is 330 g/mol. The number of hydrogen-bond donors (Lipinski definition) is 1. The summed E-state index contributed by atoms with van der Waals surface area (Å²) in [6.07, 6.45) is 1.45. The molecule has 0 aliphatic carbocycles. The van der Waals surface area contributed by atoms with Crippen molar-refractivity contribution >= 4 is 39.5 Å². The van der Waals surface area contributed by atoms with Crippen LogP contribution in [0.5, 0.6) is 5.75 Å². The number of anilines is 1. The van der Waals surface area contributed by atoms with Gasteiger partial charge in [-0.05, 0) is 45.2 Å². The van der Waals surface area contributed by atoms with Crippen molar-refractivity contribution in [1.82, 2.24) is 0 Å². The maximum absolute atomic E-state index is 11.7. The van der Waals surface area contributed by atoms with Gasteiger partial charge in [-0.2, -0.15) is 0 Å². The molecule has 0 bridgehead atoms. The van der Waals surface area contributed by atoms with Crippen molar-refractivity contribution in [2.75, 3.05) is 17.5 Å². The molecule has 0 saturated heterocycles. The van der Waals surface area contributed by atoms with Crippen molar-refractivity contribution in [1.29, 1.82) is 0 Å². The van der Waals surface area contributed by atoms with Crippen LogP contribution < -0.4 is 10.1 Å². The second-order valence-corrected chi connectivity index (χ2v) is 6.55. The Morgan fingerprint density at radius 3 is 2.68 bits per heavy atom. The lowest BCUT2D eigenvalue weighted by Gasteiger charge is -2.20. The van der Waals surface area contributed by atoms with Crippen molar-refractivity contribution in [2.45, 2.75) is 26.4 Å². The summed E-state index contributed by atoms with van der Waals surface area (Å²) in [4.78, 5) is 11.7. The lowest BCUT2D eigenvalue weighted by molar-refractivity contribution is 0.0635. The maximum Gasteiger partial charge on any atom is 0.412 e. The Bertz CT molecular complexity index is 446. The van der Waals surface area contributed by atoms with Crippen molar-refractivity contribution in [2.24, 2.45) is 0 Å². The number of hydrogen-bond acceptors (Lipinski definition) is 4. The van der Waals surface area contributed by atoms with Gasteiger partial charge in [0.1, 0.15) is 17.3 Å². The van der Waals surface area contributed by atoms with Crippen LogP contribution in [0.3, 0.4) is 0 Å². The van der Waals surface area contributed by atoms with Gasteiger partial charge in [0, 0.05) is 4.47 Å². The first-order valence-corrected chi connectivity index (χ1v) is 7.92. The molecule has 0 spiro atoms. The Balaban J connectivity index is 2.79. The summed E-state index contributed by atoms with van der Waals surface area (Å²) in [6, 6.07) is 5.41. The summed E-state index contributed by atoms with van der Waals surface area (Å²) >= 11 is 4.93. The van der Waals surface area contributed by atoms with Crippen LogP contribution in [0.1, 0.15) is 20.8 Å². The van der Waals surface area contributed by atoms with Crippen LogP contribution in [-0.2, 0) is 4.74 Å². The van der Waals surface area contributed by atoms with Crippen LogP contribution in [-0.4, -0.2) is 23.9 Å². The number of nitrogens with one attached hydrogen (secondary N) is 1. The molecule has 1 amide bonds. The number of carbonyl (C=O) groups is 1. The van der Waals surface area contributed by atoms with Gasteiger partial charge in [0.2, 0.25) is 0 Å². The van der Waals surface area contributed by atoms with E-state index in [0.29, 0.717) is 17.4 Å². The van der Waals surface area contributed by atoms with Crippen LogP contribution in [0.15, 0.2) is 22.7 Å². The van der Waals surface area contributed by atoms with E-state index >= 15 is 0 Å². The lowest BCUT2D eigenvalue weighted by Crippen LogP contribution is -2.27. The number of benzene rings is 1. The van der Waals surface area contributed by atoms with E-state index in [1.54, 1.807) is 17.8 Å². The zero-order valence-electron chi connectivity index (χ0n) is 11.5. The Morgan fingerprint density at radius 2 is 2.11 bits per heavy atom. The number of thioether (sulfide) groups is 1. The van der Waals surface area contributed by atoms with Crippen LogP contribution in [0.4, 0.5) is 10.5 Å². The fourth-order valence-corrected chi connectivity index (χ4v) is 1.84. The summed E-state index contributed by atoms with van der Waals surface area (Å²) in [5, 5.41) is 2.69. The fraction of sp³-hybridized carbons (Fsp3) is 0.462. The maximum atomic E-state index is 11.7. The van der Waals surface area contributed by atoms with E-state index in [-0.39, 0.29) is 0 Å². The minimum absolute atomic E-state index is 0.496. The standard InChI is InChI=1S/C13H18BrNO3S/c1-13(2,3)18-12(16)15-10-6-5-9(14)7-11(10)17-8-19-4/h5-7H,8H2,1-4H3,(H,15,16). The summed E-state index contributed by atoms with van der Waals surface area (Å²) in [5.74, 6) is 1.12. The Hall–Kier alpha value is -0.880. The summed E-state index contributed by atoms with van der Waals surface area (Å²) in [7, 11) is 0. The van der Waals surface area contributed by atoms with Gasteiger partial charge in [-0.15, -0.1) is 11.8 Å². The van der Waals surface area contributed by atoms with Crippen LogP contribution >= 0.6 is 27.7 Å². The van der Waals surface area contributed by atoms with Gasteiger partial charge in [-0.3, -0.25) is 5.32 Å². The molecule has 0 aliphatic heterocycles. The van der Waals surface area contributed by atoms with Crippen molar-refractivity contribution < 1.29 is 14.3 Å². The van der Waals surface area contributed by atoms with Gasteiger partial charge in [0.15, 0.2) is 0 Å². The quantitative estimate of drug-likeness (QED) is 0.814. The van der Waals surface area contributed by atoms with Crippen LogP contribution in [0.2, 0.25) is 0 Å². The molecule has 1 rings (SSSR count). The van der Waals surface area contributed by atoms with E-state index in [9.17, 15) is 4.79 Å². The highest BCUT2D eigenvalue weighted by atomic mass is 79.9. The molecule has 0 unspecified atom stereocenters. The highest BCUT2D eigenvalue weighted by molar-refractivity contribution is 9.10. The second-order valence-electron chi connectivity index (χ2n) is 4.82. The van der Waals surface area contributed by atoms with Gasteiger partial charge in [0.25, 0.3) is 0 Å². The molecule has 1 aromatic rings. The van der Waals surface area contributed by atoms with E-state index in [0.717, 1.165) is 4.47 Å². The summed E-state index contributed by atoms with van der Waals surface area (Å²) in [6.45, 7) is 5.46. The van der Waals surface area contributed by atoms with Crippen LogP contribution in [0, 0.1) is 0 Å². The van der Waals surface area contributed by atoms with Gasteiger partial charge in [0.05, 0.1) is 5.69 Å². The van der Waals surface area contributed by atoms with Crippen LogP contribution in [0.25, 0.3) is 0 Å². The first-order valence-electron chi connectivity index (χ1n) is 5.73. The minimum Gasteiger partial charge on any atom is -0.481 e. The molecule has 0 aromatic heterocycles. The highest BCUT2D eigenvalue weighted by Crippen LogP contribution is 2.29. The zero-order chi connectivity index (χ0) is 14.5. The number of amides is 1. The third kappa shape index (κ3) is 6.20. The molecule has 0 saturated carbocycles. The number of rotatable bonds is 4. The number of halogens is 1. The molecule has 1 N–H and O–H groups in total. The number of carbonyl (C=O) groups excluding carboxylic acids is 1. The Labute approximate surface area is 126 Å². The highest BCUT2D eigenvalue weighted by Gasteiger charge is 2.17. The third-order valence-corrected chi connectivity index (χ3v) is 2.76. The van der Waals surface area contributed by atoms with E-state index < -0.39 is 11.7 Å².